The number of nitrogen functional groups attached to an aromatic ring is 1. The summed E-state index contributed by atoms with van der Waals surface area (Å²) in [6.07, 6.45) is 5.33. The standard InChI is InChI=1S/C14H16BrFN2/c1-4-6-10(5-2)9-18(3)14-7-11(15)12(16)8-13(14)17/h4-8H,1-2,9,17H2,3H3/b10-6+. The Morgan fingerprint density at radius 1 is 1.50 bits per heavy atom. The lowest BCUT2D eigenvalue weighted by molar-refractivity contribution is 0.621. The number of anilines is 2. The Balaban J connectivity index is 3.00. The van der Waals surface area contributed by atoms with Crippen LogP contribution >= 0.6 is 15.9 Å². The molecule has 0 amide bonds. The maximum atomic E-state index is 13.3. The van der Waals surface area contributed by atoms with Gasteiger partial charge < -0.3 is 10.6 Å². The van der Waals surface area contributed by atoms with E-state index in [1.165, 1.54) is 6.07 Å². The van der Waals surface area contributed by atoms with Gasteiger partial charge in [0.2, 0.25) is 0 Å². The molecule has 0 aliphatic rings. The molecule has 1 aromatic rings. The Hall–Kier alpha value is -1.55. The summed E-state index contributed by atoms with van der Waals surface area (Å²) < 4.78 is 13.7. The van der Waals surface area contributed by atoms with Crippen LogP contribution in [0.3, 0.4) is 0 Å². The molecule has 0 unspecified atom stereocenters. The molecular weight excluding hydrogens is 295 g/mol. The zero-order chi connectivity index (χ0) is 13.7. The molecule has 0 spiro atoms. The second-order valence-corrected chi connectivity index (χ2v) is 4.72. The van der Waals surface area contributed by atoms with Gasteiger partial charge in [0.05, 0.1) is 15.8 Å². The van der Waals surface area contributed by atoms with Crippen LogP contribution in [0.1, 0.15) is 0 Å². The molecule has 0 saturated carbocycles. The molecule has 2 nitrogen and oxygen atoms in total. The van der Waals surface area contributed by atoms with Gasteiger partial charge in [-0.05, 0) is 27.6 Å². The van der Waals surface area contributed by atoms with Crippen LogP contribution in [0.2, 0.25) is 0 Å². The van der Waals surface area contributed by atoms with Gasteiger partial charge in [0.15, 0.2) is 0 Å². The normalized spacial score (nSPS) is 11.2. The number of hydrogen-bond acceptors (Lipinski definition) is 2. The lowest BCUT2D eigenvalue weighted by atomic mass is 10.2. The Bertz CT molecular complexity index is 495. The van der Waals surface area contributed by atoms with Gasteiger partial charge in [-0.2, -0.15) is 0 Å². The van der Waals surface area contributed by atoms with Gasteiger partial charge in [0.25, 0.3) is 0 Å². The summed E-state index contributed by atoms with van der Waals surface area (Å²) in [4.78, 5) is 1.93. The third kappa shape index (κ3) is 3.47. The zero-order valence-corrected chi connectivity index (χ0v) is 11.9. The largest absolute Gasteiger partial charge is 0.397 e. The van der Waals surface area contributed by atoms with E-state index in [2.05, 4.69) is 29.1 Å². The minimum atomic E-state index is -0.366. The number of hydrogen-bond donors (Lipinski definition) is 1. The summed E-state index contributed by atoms with van der Waals surface area (Å²) in [5.41, 5.74) is 7.99. The molecule has 2 N–H and O–H groups in total. The van der Waals surface area contributed by atoms with E-state index >= 15 is 0 Å². The first-order valence-electron chi connectivity index (χ1n) is 5.39. The fourth-order valence-electron chi connectivity index (χ4n) is 1.58. The highest BCUT2D eigenvalue weighted by Gasteiger charge is 2.10. The maximum absolute atomic E-state index is 13.3. The van der Waals surface area contributed by atoms with Crippen LogP contribution in [0.4, 0.5) is 15.8 Å². The maximum Gasteiger partial charge on any atom is 0.139 e. The number of likely N-dealkylation sites (N-methyl/N-ethyl adjacent to an activating group) is 1. The van der Waals surface area contributed by atoms with Crippen molar-refractivity contribution in [2.24, 2.45) is 0 Å². The highest BCUT2D eigenvalue weighted by Crippen LogP contribution is 2.29. The molecule has 1 rings (SSSR count). The van der Waals surface area contributed by atoms with E-state index < -0.39 is 0 Å². The van der Waals surface area contributed by atoms with Crippen LogP contribution in [0.25, 0.3) is 0 Å². The Morgan fingerprint density at radius 3 is 2.72 bits per heavy atom. The van der Waals surface area contributed by atoms with Crippen LogP contribution in [0.15, 0.2) is 53.6 Å². The van der Waals surface area contributed by atoms with Crippen LogP contribution in [0.5, 0.6) is 0 Å². The van der Waals surface area contributed by atoms with Crippen molar-refractivity contribution in [3.63, 3.8) is 0 Å². The van der Waals surface area contributed by atoms with Gasteiger partial charge in [-0.15, -0.1) is 0 Å². The molecule has 0 bridgehead atoms. The van der Waals surface area contributed by atoms with Gasteiger partial charge >= 0.3 is 0 Å². The van der Waals surface area contributed by atoms with Crippen molar-refractivity contribution >= 4 is 27.3 Å². The summed E-state index contributed by atoms with van der Waals surface area (Å²) in [7, 11) is 1.89. The first-order chi connectivity index (χ1) is 8.49. The highest BCUT2D eigenvalue weighted by molar-refractivity contribution is 9.10. The molecule has 0 aliphatic carbocycles. The summed E-state index contributed by atoms with van der Waals surface area (Å²) >= 11 is 3.15. The molecule has 0 atom stereocenters. The second kappa shape index (κ2) is 6.40. The van der Waals surface area contributed by atoms with Crippen LogP contribution in [0, 0.1) is 5.82 Å². The monoisotopic (exact) mass is 310 g/mol. The Kier molecular flexibility index (Phi) is 5.16. The number of benzene rings is 1. The molecule has 18 heavy (non-hydrogen) atoms. The van der Waals surface area contributed by atoms with Crippen molar-refractivity contribution in [3.8, 4) is 0 Å². The number of nitrogens with zero attached hydrogens (tertiary/aromatic N) is 1. The molecule has 0 aromatic heterocycles. The molecule has 0 heterocycles. The first kappa shape index (κ1) is 14.5. The number of rotatable bonds is 5. The second-order valence-electron chi connectivity index (χ2n) is 3.86. The summed E-state index contributed by atoms with van der Waals surface area (Å²) in [5, 5.41) is 0. The Morgan fingerprint density at radius 2 is 2.17 bits per heavy atom. The SMILES string of the molecule is C=C/C=C(\C=C)CN(C)c1cc(Br)c(F)cc1N. The summed E-state index contributed by atoms with van der Waals surface area (Å²) in [6.45, 7) is 8.01. The summed E-state index contributed by atoms with van der Waals surface area (Å²) in [6, 6.07) is 2.97. The van der Waals surface area contributed by atoms with E-state index in [-0.39, 0.29) is 5.82 Å². The van der Waals surface area contributed by atoms with Gasteiger partial charge in [-0.3, -0.25) is 0 Å². The molecule has 0 aliphatic heterocycles. The van der Waals surface area contributed by atoms with E-state index in [4.69, 9.17) is 5.73 Å². The topological polar surface area (TPSA) is 29.3 Å². The van der Waals surface area contributed by atoms with Crippen molar-refractivity contribution < 1.29 is 4.39 Å². The molecule has 96 valence electrons. The minimum Gasteiger partial charge on any atom is -0.397 e. The Labute approximate surface area is 115 Å². The van der Waals surface area contributed by atoms with Gasteiger partial charge in [-0.1, -0.05) is 31.4 Å². The average molecular weight is 311 g/mol. The molecule has 0 radical (unpaired) electrons. The van der Waals surface area contributed by atoms with Crippen LogP contribution in [-0.2, 0) is 0 Å². The first-order valence-corrected chi connectivity index (χ1v) is 6.18. The van der Waals surface area contributed by atoms with Crippen LogP contribution in [-0.4, -0.2) is 13.6 Å². The highest BCUT2D eigenvalue weighted by atomic mass is 79.9. The average Bonchev–Trinajstić information content (AvgIpc) is 2.33. The quantitative estimate of drug-likeness (QED) is 0.660. The minimum absolute atomic E-state index is 0.366. The lowest BCUT2D eigenvalue weighted by Gasteiger charge is -2.22. The molecule has 0 fully saturated rings. The molecular formula is C14H16BrFN2. The zero-order valence-electron chi connectivity index (χ0n) is 10.3. The van der Waals surface area contributed by atoms with E-state index in [9.17, 15) is 4.39 Å². The molecule has 1 aromatic carbocycles. The smallest absolute Gasteiger partial charge is 0.139 e. The third-order valence-electron chi connectivity index (χ3n) is 2.49. The third-order valence-corrected chi connectivity index (χ3v) is 3.10. The lowest BCUT2D eigenvalue weighted by Crippen LogP contribution is -2.21. The van der Waals surface area contributed by atoms with Crippen molar-refractivity contribution in [1.29, 1.82) is 0 Å². The van der Waals surface area contributed by atoms with E-state index in [1.54, 1.807) is 18.2 Å². The predicted molar refractivity (Wildman–Crippen MR) is 80.3 cm³/mol. The molecule has 4 heteroatoms. The van der Waals surface area contributed by atoms with Crippen molar-refractivity contribution in [2.75, 3.05) is 24.2 Å². The van der Waals surface area contributed by atoms with E-state index in [1.807, 2.05) is 18.0 Å². The number of nitrogens with two attached hydrogens (primary N) is 1. The van der Waals surface area contributed by atoms with Crippen LogP contribution < -0.4 is 10.6 Å². The summed E-state index contributed by atoms with van der Waals surface area (Å²) in [5.74, 6) is -0.366. The number of allylic oxidation sites excluding steroid dienone is 2. The van der Waals surface area contributed by atoms with Gasteiger partial charge in [0, 0.05) is 19.7 Å². The molecule has 0 saturated heterocycles. The number of halogens is 2. The van der Waals surface area contributed by atoms with Gasteiger partial charge in [0.1, 0.15) is 5.82 Å². The van der Waals surface area contributed by atoms with Crippen molar-refractivity contribution in [2.45, 2.75) is 0 Å². The van der Waals surface area contributed by atoms with E-state index in [0.717, 1.165) is 11.3 Å². The van der Waals surface area contributed by atoms with E-state index in [0.29, 0.717) is 16.7 Å². The van der Waals surface area contributed by atoms with Crippen molar-refractivity contribution in [3.05, 3.63) is 59.4 Å². The van der Waals surface area contributed by atoms with Gasteiger partial charge in [-0.25, -0.2) is 4.39 Å². The van der Waals surface area contributed by atoms with Crippen molar-refractivity contribution in [1.82, 2.24) is 0 Å². The predicted octanol–water partition coefficient (Wildman–Crippen LogP) is 3.91. The fraction of sp³-hybridized carbons (Fsp3) is 0.143. The fourth-order valence-corrected chi connectivity index (χ4v) is 1.91.